The molecule has 0 aromatic heterocycles. The quantitative estimate of drug-likeness (QED) is 0.680. The van der Waals surface area contributed by atoms with Gasteiger partial charge in [0.25, 0.3) is 0 Å². The molecule has 18 heavy (non-hydrogen) atoms. The molecule has 0 radical (unpaired) electrons. The molecule has 1 aromatic rings. The van der Waals surface area contributed by atoms with Crippen LogP contribution >= 0.6 is 0 Å². The van der Waals surface area contributed by atoms with E-state index in [1.165, 1.54) is 6.07 Å². The molecule has 0 spiro atoms. The molecule has 1 aromatic carbocycles. The van der Waals surface area contributed by atoms with Crippen LogP contribution in [0.5, 0.6) is 0 Å². The Morgan fingerprint density at radius 2 is 2.17 bits per heavy atom. The minimum absolute atomic E-state index is 0.0233. The molecule has 100 valence electrons. The minimum atomic E-state index is -3.89. The van der Waals surface area contributed by atoms with Crippen LogP contribution in [0.2, 0.25) is 0 Å². The Morgan fingerprint density at radius 1 is 1.50 bits per heavy atom. The van der Waals surface area contributed by atoms with Crippen LogP contribution in [0.3, 0.4) is 0 Å². The number of hydrogen-bond acceptors (Lipinski definition) is 4. The number of hydrogen-bond donors (Lipinski definition) is 3. The number of sulfonamides is 1. The summed E-state index contributed by atoms with van der Waals surface area (Å²) in [6, 6.07) is 3.15. The maximum atomic E-state index is 13.0. The van der Waals surface area contributed by atoms with Gasteiger partial charge in [-0.2, -0.15) is 0 Å². The first-order valence-electron chi connectivity index (χ1n) is 5.63. The molecule has 0 bridgehead atoms. The topological polar surface area (TPSA) is 92.4 Å². The molecule has 2 rings (SSSR count). The molecule has 0 amide bonds. The number of nitrogens with one attached hydrogen (secondary N) is 1. The molecule has 0 heterocycles. The van der Waals surface area contributed by atoms with Crippen molar-refractivity contribution in [1.82, 2.24) is 4.72 Å². The largest absolute Gasteiger partial charge is 0.398 e. The Kier molecular flexibility index (Phi) is 3.56. The van der Waals surface area contributed by atoms with Gasteiger partial charge in [0.15, 0.2) is 0 Å². The summed E-state index contributed by atoms with van der Waals surface area (Å²) >= 11 is 0. The van der Waals surface area contributed by atoms with Gasteiger partial charge in [-0.3, -0.25) is 0 Å². The number of anilines is 1. The van der Waals surface area contributed by atoms with E-state index in [9.17, 15) is 17.9 Å². The lowest BCUT2D eigenvalue weighted by molar-refractivity contribution is 0.155. The van der Waals surface area contributed by atoms with E-state index < -0.39 is 21.9 Å². The zero-order valence-electron chi connectivity index (χ0n) is 9.64. The molecular weight excluding hydrogens is 259 g/mol. The summed E-state index contributed by atoms with van der Waals surface area (Å²) in [6.45, 7) is -0.0804. The maximum absolute atomic E-state index is 13.0. The number of nitrogens with two attached hydrogens (primary N) is 1. The van der Waals surface area contributed by atoms with Gasteiger partial charge >= 0.3 is 0 Å². The van der Waals surface area contributed by atoms with Crippen molar-refractivity contribution in [3.63, 3.8) is 0 Å². The van der Waals surface area contributed by atoms with Gasteiger partial charge in [-0.25, -0.2) is 17.5 Å². The molecule has 0 saturated heterocycles. The van der Waals surface area contributed by atoms with E-state index in [2.05, 4.69) is 4.72 Å². The smallest absolute Gasteiger partial charge is 0.242 e. The van der Waals surface area contributed by atoms with Crippen molar-refractivity contribution >= 4 is 15.7 Å². The van der Waals surface area contributed by atoms with Crippen LogP contribution in [-0.4, -0.2) is 26.2 Å². The number of rotatable bonds is 5. The number of aliphatic hydroxyl groups excluding tert-OH is 1. The molecule has 1 aliphatic rings. The first kappa shape index (κ1) is 13.3. The number of aliphatic hydroxyl groups is 1. The number of halogens is 1. The van der Waals surface area contributed by atoms with Crippen LogP contribution in [-0.2, 0) is 10.0 Å². The highest BCUT2D eigenvalue weighted by molar-refractivity contribution is 7.89. The Bertz CT molecular complexity index is 543. The van der Waals surface area contributed by atoms with Gasteiger partial charge in [0.05, 0.1) is 11.8 Å². The van der Waals surface area contributed by atoms with Crippen molar-refractivity contribution < 1.29 is 17.9 Å². The number of nitrogen functional groups attached to an aromatic ring is 1. The highest BCUT2D eigenvalue weighted by Crippen LogP contribution is 2.32. The standard InChI is InChI=1S/C11H15FN2O3S/c12-8-3-4-9(13)11(5-8)18(16,17)14-6-10(15)7-1-2-7/h3-5,7,10,14-15H,1-2,6,13H2. The van der Waals surface area contributed by atoms with E-state index in [0.717, 1.165) is 25.0 Å². The van der Waals surface area contributed by atoms with E-state index in [0.29, 0.717) is 0 Å². The molecule has 1 unspecified atom stereocenters. The Hall–Kier alpha value is -1.18. The second kappa shape index (κ2) is 4.83. The fourth-order valence-electron chi connectivity index (χ4n) is 1.66. The monoisotopic (exact) mass is 274 g/mol. The molecule has 7 heteroatoms. The van der Waals surface area contributed by atoms with Crippen molar-refractivity contribution in [2.24, 2.45) is 5.92 Å². The van der Waals surface area contributed by atoms with Gasteiger partial charge in [-0.05, 0) is 37.0 Å². The summed E-state index contributed by atoms with van der Waals surface area (Å²) < 4.78 is 39.0. The van der Waals surface area contributed by atoms with E-state index in [1.807, 2.05) is 0 Å². The highest BCUT2D eigenvalue weighted by atomic mass is 32.2. The van der Waals surface area contributed by atoms with Crippen molar-refractivity contribution in [3.8, 4) is 0 Å². The van der Waals surface area contributed by atoms with E-state index in [4.69, 9.17) is 5.73 Å². The van der Waals surface area contributed by atoms with Crippen LogP contribution in [0, 0.1) is 11.7 Å². The van der Waals surface area contributed by atoms with E-state index in [-0.39, 0.29) is 23.0 Å². The summed E-state index contributed by atoms with van der Waals surface area (Å²) in [5.41, 5.74) is 5.48. The first-order valence-corrected chi connectivity index (χ1v) is 7.11. The molecule has 0 aliphatic heterocycles. The van der Waals surface area contributed by atoms with Gasteiger partial charge in [0.1, 0.15) is 10.7 Å². The summed E-state index contributed by atoms with van der Waals surface area (Å²) in [7, 11) is -3.89. The van der Waals surface area contributed by atoms with Gasteiger partial charge in [0.2, 0.25) is 10.0 Å². The SMILES string of the molecule is Nc1ccc(F)cc1S(=O)(=O)NCC(O)C1CC1. The second-order valence-corrected chi connectivity index (χ2v) is 6.17. The van der Waals surface area contributed by atoms with Crippen LogP contribution < -0.4 is 10.5 Å². The minimum Gasteiger partial charge on any atom is -0.398 e. The molecule has 4 N–H and O–H groups in total. The average molecular weight is 274 g/mol. The van der Waals surface area contributed by atoms with E-state index >= 15 is 0 Å². The highest BCUT2D eigenvalue weighted by Gasteiger charge is 2.30. The summed E-state index contributed by atoms with van der Waals surface area (Å²) in [6.07, 6.45) is 1.12. The summed E-state index contributed by atoms with van der Waals surface area (Å²) in [4.78, 5) is -0.300. The van der Waals surface area contributed by atoms with Crippen LogP contribution in [0.4, 0.5) is 10.1 Å². The predicted molar refractivity (Wildman–Crippen MR) is 64.7 cm³/mol. The molecule has 1 atom stereocenters. The zero-order valence-corrected chi connectivity index (χ0v) is 10.5. The maximum Gasteiger partial charge on any atom is 0.242 e. The van der Waals surface area contributed by atoms with Crippen molar-refractivity contribution in [2.75, 3.05) is 12.3 Å². The predicted octanol–water partition coefficient (Wildman–Crippen LogP) is 0.457. The van der Waals surface area contributed by atoms with Crippen LogP contribution in [0.1, 0.15) is 12.8 Å². The molecule has 1 aliphatic carbocycles. The third-order valence-electron chi connectivity index (χ3n) is 2.91. The lowest BCUT2D eigenvalue weighted by atomic mass is 10.2. The molecule has 5 nitrogen and oxygen atoms in total. The van der Waals surface area contributed by atoms with Crippen LogP contribution in [0.15, 0.2) is 23.1 Å². The third kappa shape index (κ3) is 2.98. The van der Waals surface area contributed by atoms with Gasteiger partial charge in [-0.1, -0.05) is 0 Å². The van der Waals surface area contributed by atoms with Gasteiger partial charge in [0, 0.05) is 6.54 Å². The van der Waals surface area contributed by atoms with Crippen molar-refractivity contribution in [1.29, 1.82) is 0 Å². The summed E-state index contributed by atoms with van der Waals surface area (Å²) in [5, 5.41) is 9.59. The normalized spacial score (nSPS) is 17.7. The Morgan fingerprint density at radius 3 is 2.78 bits per heavy atom. The van der Waals surface area contributed by atoms with Gasteiger partial charge < -0.3 is 10.8 Å². The third-order valence-corrected chi connectivity index (χ3v) is 4.39. The van der Waals surface area contributed by atoms with Gasteiger partial charge in [-0.15, -0.1) is 0 Å². The Labute approximate surface area is 105 Å². The van der Waals surface area contributed by atoms with E-state index in [1.54, 1.807) is 0 Å². The van der Waals surface area contributed by atoms with Crippen LogP contribution in [0.25, 0.3) is 0 Å². The molecule has 1 fully saturated rings. The zero-order chi connectivity index (χ0) is 13.3. The van der Waals surface area contributed by atoms with Crippen molar-refractivity contribution in [3.05, 3.63) is 24.0 Å². The first-order chi connectivity index (χ1) is 8.40. The lowest BCUT2D eigenvalue weighted by Gasteiger charge is -2.12. The molecular formula is C11H15FN2O3S. The number of benzene rings is 1. The second-order valence-electron chi connectivity index (χ2n) is 4.44. The van der Waals surface area contributed by atoms with Crippen molar-refractivity contribution in [2.45, 2.75) is 23.8 Å². The fourth-order valence-corrected chi connectivity index (χ4v) is 2.85. The fraction of sp³-hybridized carbons (Fsp3) is 0.455. The average Bonchev–Trinajstić information content (AvgIpc) is 3.13. The molecule has 1 saturated carbocycles. The Balaban J connectivity index is 2.11. The summed E-state index contributed by atoms with van der Waals surface area (Å²) in [5.74, 6) is -0.509. The lowest BCUT2D eigenvalue weighted by Crippen LogP contribution is -2.33.